The number of nitrogens with zero attached hydrogens (tertiary/aromatic N) is 1. The Morgan fingerprint density at radius 2 is 1.53 bits per heavy atom. The number of fused-ring (bicyclic) bond motifs is 1. The average Bonchev–Trinajstić information content (AvgIpc) is 2.90. The Morgan fingerprint density at radius 3 is 2.26 bits per heavy atom. The Kier molecular flexibility index (Phi) is 8.41. The van der Waals surface area contributed by atoms with Gasteiger partial charge in [0.05, 0.1) is 0 Å². The van der Waals surface area contributed by atoms with Gasteiger partial charge < -0.3 is 15.0 Å². The van der Waals surface area contributed by atoms with Crippen LogP contribution in [0.25, 0.3) is 10.8 Å². The molecule has 0 saturated carbocycles. The van der Waals surface area contributed by atoms with E-state index < -0.39 is 23.3 Å². The van der Waals surface area contributed by atoms with Crippen molar-refractivity contribution < 1.29 is 18.7 Å². The Bertz CT molecular complexity index is 1390. The number of carbonyl (C=O) groups is 2. The van der Waals surface area contributed by atoms with Crippen molar-refractivity contribution in [1.29, 1.82) is 0 Å². The molecule has 0 radical (unpaired) electrons. The standard InChI is InChI=1S/C32H33FN2O3/c1-32(2,3)34-31(37)28(20-23-12-5-4-6-13-23)35(21-25-15-8-10-18-27(25)33)30(36)22-38-29-19-11-16-24-14-7-9-17-26(24)29/h4-19,28H,20-22H2,1-3H3,(H,34,37)/t28-/m1/s1. The summed E-state index contributed by atoms with van der Waals surface area (Å²) in [5, 5.41) is 4.88. The van der Waals surface area contributed by atoms with Crippen LogP contribution in [0, 0.1) is 5.82 Å². The number of carbonyl (C=O) groups excluding carboxylic acids is 2. The summed E-state index contributed by atoms with van der Waals surface area (Å²) in [5.41, 5.74) is 0.702. The maximum absolute atomic E-state index is 14.7. The van der Waals surface area contributed by atoms with Gasteiger partial charge in [-0.15, -0.1) is 0 Å². The van der Waals surface area contributed by atoms with Crippen LogP contribution in [0.1, 0.15) is 31.9 Å². The SMILES string of the molecule is CC(C)(C)NC(=O)[C@@H](Cc1ccccc1)N(Cc1ccccc1F)C(=O)COc1cccc2ccccc12. The smallest absolute Gasteiger partial charge is 0.261 e. The van der Waals surface area contributed by atoms with Crippen molar-refractivity contribution in [3.05, 3.63) is 114 Å². The lowest BCUT2D eigenvalue weighted by Gasteiger charge is -2.33. The van der Waals surface area contributed by atoms with E-state index in [0.717, 1.165) is 16.3 Å². The molecule has 0 fully saturated rings. The molecule has 38 heavy (non-hydrogen) atoms. The molecule has 0 heterocycles. The summed E-state index contributed by atoms with van der Waals surface area (Å²) in [6, 6.07) is 28.3. The van der Waals surface area contributed by atoms with Crippen molar-refractivity contribution in [3.63, 3.8) is 0 Å². The number of amides is 2. The molecular formula is C32H33FN2O3. The van der Waals surface area contributed by atoms with Gasteiger partial charge in [-0.3, -0.25) is 9.59 Å². The Hall–Kier alpha value is -4.19. The average molecular weight is 513 g/mol. The maximum atomic E-state index is 14.7. The molecule has 2 amide bonds. The summed E-state index contributed by atoms with van der Waals surface area (Å²) in [6.45, 7) is 5.29. The first-order valence-corrected chi connectivity index (χ1v) is 12.7. The highest BCUT2D eigenvalue weighted by atomic mass is 19.1. The molecule has 0 saturated heterocycles. The first-order valence-electron chi connectivity index (χ1n) is 12.7. The van der Waals surface area contributed by atoms with Gasteiger partial charge in [0.25, 0.3) is 5.91 Å². The molecule has 4 aromatic carbocycles. The third-order valence-corrected chi connectivity index (χ3v) is 6.17. The molecule has 4 aromatic rings. The van der Waals surface area contributed by atoms with Crippen LogP contribution in [-0.2, 0) is 22.6 Å². The van der Waals surface area contributed by atoms with Gasteiger partial charge in [0.15, 0.2) is 6.61 Å². The summed E-state index contributed by atoms with van der Waals surface area (Å²) in [7, 11) is 0. The minimum Gasteiger partial charge on any atom is -0.483 e. The molecule has 0 unspecified atom stereocenters. The third kappa shape index (κ3) is 6.97. The highest BCUT2D eigenvalue weighted by Gasteiger charge is 2.33. The van der Waals surface area contributed by atoms with Gasteiger partial charge >= 0.3 is 0 Å². The predicted molar refractivity (Wildman–Crippen MR) is 148 cm³/mol. The summed E-state index contributed by atoms with van der Waals surface area (Å²) >= 11 is 0. The van der Waals surface area contributed by atoms with E-state index in [1.165, 1.54) is 11.0 Å². The normalized spacial score (nSPS) is 12.1. The number of ether oxygens (including phenoxy) is 1. The van der Waals surface area contributed by atoms with E-state index in [-0.39, 0.29) is 25.5 Å². The minimum absolute atomic E-state index is 0.0700. The summed E-state index contributed by atoms with van der Waals surface area (Å²) < 4.78 is 20.7. The molecule has 0 aliphatic heterocycles. The molecular weight excluding hydrogens is 479 g/mol. The fourth-order valence-electron chi connectivity index (χ4n) is 4.36. The lowest BCUT2D eigenvalue weighted by atomic mass is 10.0. The van der Waals surface area contributed by atoms with Crippen LogP contribution in [0.5, 0.6) is 5.75 Å². The van der Waals surface area contributed by atoms with Crippen molar-refractivity contribution in [2.75, 3.05) is 6.61 Å². The maximum Gasteiger partial charge on any atom is 0.261 e. The van der Waals surface area contributed by atoms with Gasteiger partial charge in [0.2, 0.25) is 5.91 Å². The van der Waals surface area contributed by atoms with Crippen molar-refractivity contribution in [2.24, 2.45) is 0 Å². The molecule has 5 nitrogen and oxygen atoms in total. The van der Waals surface area contributed by atoms with Gasteiger partial charge in [0, 0.05) is 29.5 Å². The topological polar surface area (TPSA) is 58.6 Å². The second-order valence-electron chi connectivity index (χ2n) is 10.3. The highest BCUT2D eigenvalue weighted by Crippen LogP contribution is 2.25. The van der Waals surface area contributed by atoms with Crippen molar-refractivity contribution in [1.82, 2.24) is 10.2 Å². The Balaban J connectivity index is 1.67. The highest BCUT2D eigenvalue weighted by molar-refractivity contribution is 5.90. The fourth-order valence-corrected chi connectivity index (χ4v) is 4.36. The number of hydrogen-bond acceptors (Lipinski definition) is 3. The van der Waals surface area contributed by atoms with Crippen LogP contribution in [-0.4, -0.2) is 34.9 Å². The van der Waals surface area contributed by atoms with Crippen molar-refractivity contribution >= 4 is 22.6 Å². The number of benzene rings is 4. The van der Waals surface area contributed by atoms with Crippen LogP contribution < -0.4 is 10.1 Å². The molecule has 0 bridgehead atoms. The van der Waals surface area contributed by atoms with E-state index in [1.807, 2.05) is 93.6 Å². The van der Waals surface area contributed by atoms with E-state index in [1.54, 1.807) is 18.2 Å². The lowest BCUT2D eigenvalue weighted by Crippen LogP contribution is -2.55. The lowest BCUT2D eigenvalue weighted by molar-refractivity contribution is -0.143. The van der Waals surface area contributed by atoms with E-state index in [0.29, 0.717) is 11.3 Å². The first-order chi connectivity index (χ1) is 18.2. The van der Waals surface area contributed by atoms with Crippen LogP contribution >= 0.6 is 0 Å². The summed E-state index contributed by atoms with van der Waals surface area (Å²) in [5.74, 6) is -0.585. The molecule has 0 aliphatic carbocycles. The summed E-state index contributed by atoms with van der Waals surface area (Å²) in [4.78, 5) is 28.8. The van der Waals surface area contributed by atoms with E-state index in [4.69, 9.17) is 4.74 Å². The number of hydrogen-bond donors (Lipinski definition) is 1. The van der Waals surface area contributed by atoms with Crippen molar-refractivity contribution in [2.45, 2.75) is 45.3 Å². The predicted octanol–water partition coefficient (Wildman–Crippen LogP) is 5.91. The van der Waals surface area contributed by atoms with Crippen LogP contribution in [0.15, 0.2) is 97.1 Å². The van der Waals surface area contributed by atoms with Gasteiger partial charge in [-0.1, -0.05) is 84.9 Å². The molecule has 196 valence electrons. The number of nitrogens with one attached hydrogen (secondary N) is 1. The molecule has 0 aromatic heterocycles. The molecule has 0 spiro atoms. The van der Waals surface area contributed by atoms with Gasteiger partial charge in [0.1, 0.15) is 17.6 Å². The number of halogens is 1. The second kappa shape index (κ2) is 11.9. The Labute approximate surface area is 223 Å². The van der Waals surface area contributed by atoms with Crippen LogP contribution in [0.4, 0.5) is 4.39 Å². The molecule has 4 rings (SSSR count). The molecule has 1 N–H and O–H groups in total. The number of rotatable bonds is 9. The first kappa shape index (κ1) is 26.9. The Morgan fingerprint density at radius 1 is 0.868 bits per heavy atom. The van der Waals surface area contributed by atoms with Crippen LogP contribution in [0.3, 0.4) is 0 Å². The largest absolute Gasteiger partial charge is 0.483 e. The van der Waals surface area contributed by atoms with Gasteiger partial charge in [-0.2, -0.15) is 0 Å². The molecule has 6 heteroatoms. The minimum atomic E-state index is -0.875. The van der Waals surface area contributed by atoms with E-state index in [9.17, 15) is 14.0 Å². The monoisotopic (exact) mass is 512 g/mol. The quantitative estimate of drug-likeness (QED) is 0.303. The van der Waals surface area contributed by atoms with Gasteiger partial charge in [-0.25, -0.2) is 4.39 Å². The second-order valence-corrected chi connectivity index (χ2v) is 10.3. The zero-order chi connectivity index (χ0) is 27.1. The zero-order valence-electron chi connectivity index (χ0n) is 22.0. The van der Waals surface area contributed by atoms with Crippen molar-refractivity contribution in [3.8, 4) is 5.75 Å². The van der Waals surface area contributed by atoms with Crippen LogP contribution in [0.2, 0.25) is 0 Å². The van der Waals surface area contributed by atoms with Gasteiger partial charge in [-0.05, 0) is 43.9 Å². The molecule has 1 atom stereocenters. The zero-order valence-corrected chi connectivity index (χ0v) is 22.0. The molecule has 0 aliphatic rings. The third-order valence-electron chi connectivity index (χ3n) is 6.17. The van der Waals surface area contributed by atoms with E-state index in [2.05, 4.69) is 5.32 Å². The fraction of sp³-hybridized carbons (Fsp3) is 0.250. The summed E-state index contributed by atoms with van der Waals surface area (Å²) in [6.07, 6.45) is 0.275. The van der Waals surface area contributed by atoms with E-state index >= 15 is 0 Å².